The van der Waals surface area contributed by atoms with Gasteiger partial charge in [-0.25, -0.2) is 4.98 Å². The van der Waals surface area contributed by atoms with E-state index in [0.29, 0.717) is 5.95 Å². The van der Waals surface area contributed by atoms with Crippen LogP contribution in [0.1, 0.15) is 49.1 Å². The maximum Gasteiger partial charge on any atom is 0.255 e. The first-order valence-corrected chi connectivity index (χ1v) is 12.1. The van der Waals surface area contributed by atoms with Gasteiger partial charge < -0.3 is 14.5 Å². The molecule has 2 fully saturated rings. The standard InChI is InChI=1S/C25H35N5O2/c1-17-12-21(29-9-4-5-10-29)7-6-20(17)15-28-11-8-22-23(16-28)26-25(27-24(22)31)30-13-18(2)32-19(3)14-30/h6-7,12,18-19H,4-5,8-11,13-16H2,1-3H3,(H,26,27,31). The van der Waals surface area contributed by atoms with Crippen molar-refractivity contribution in [3.63, 3.8) is 0 Å². The van der Waals surface area contributed by atoms with Crippen LogP contribution in [-0.4, -0.2) is 59.8 Å². The molecular formula is C25H35N5O2. The van der Waals surface area contributed by atoms with E-state index in [0.717, 1.165) is 50.4 Å². The Balaban J connectivity index is 1.32. The zero-order valence-electron chi connectivity index (χ0n) is 19.6. The van der Waals surface area contributed by atoms with Crippen molar-refractivity contribution in [2.24, 2.45) is 0 Å². The molecule has 0 spiro atoms. The highest BCUT2D eigenvalue weighted by atomic mass is 16.5. The molecule has 7 heteroatoms. The highest BCUT2D eigenvalue weighted by Gasteiger charge is 2.27. The third-order valence-corrected chi connectivity index (χ3v) is 7.05. The molecule has 1 aromatic carbocycles. The van der Waals surface area contributed by atoms with Gasteiger partial charge in [-0.2, -0.15) is 0 Å². The van der Waals surface area contributed by atoms with E-state index >= 15 is 0 Å². The summed E-state index contributed by atoms with van der Waals surface area (Å²) in [7, 11) is 0. The zero-order chi connectivity index (χ0) is 22.2. The molecule has 1 N–H and O–H groups in total. The van der Waals surface area contributed by atoms with Crippen LogP contribution in [0.15, 0.2) is 23.0 Å². The number of ether oxygens (including phenoxy) is 1. The molecule has 3 aliphatic heterocycles. The molecule has 0 aliphatic carbocycles. The van der Waals surface area contributed by atoms with E-state index < -0.39 is 0 Å². The van der Waals surface area contributed by atoms with Crippen LogP contribution in [0.4, 0.5) is 11.6 Å². The fourth-order valence-electron chi connectivity index (χ4n) is 5.39. The van der Waals surface area contributed by atoms with Gasteiger partial charge in [-0.3, -0.25) is 14.7 Å². The largest absolute Gasteiger partial charge is 0.372 e. The fraction of sp³-hybridized carbons (Fsp3) is 0.600. The first kappa shape index (κ1) is 21.5. The molecule has 2 unspecified atom stereocenters. The second-order valence-corrected chi connectivity index (χ2v) is 9.74. The van der Waals surface area contributed by atoms with Crippen LogP contribution >= 0.6 is 0 Å². The maximum absolute atomic E-state index is 12.8. The number of aryl methyl sites for hydroxylation is 1. The van der Waals surface area contributed by atoms with E-state index in [1.54, 1.807) is 0 Å². The van der Waals surface area contributed by atoms with E-state index in [2.05, 4.69) is 58.7 Å². The zero-order valence-corrected chi connectivity index (χ0v) is 19.6. The van der Waals surface area contributed by atoms with E-state index in [1.165, 1.54) is 42.7 Å². The van der Waals surface area contributed by atoms with Crippen LogP contribution in [0.2, 0.25) is 0 Å². The van der Waals surface area contributed by atoms with Gasteiger partial charge in [0.15, 0.2) is 0 Å². The molecule has 2 aromatic rings. The van der Waals surface area contributed by atoms with Crippen LogP contribution < -0.4 is 15.4 Å². The molecule has 0 radical (unpaired) electrons. The molecule has 0 saturated carbocycles. The van der Waals surface area contributed by atoms with E-state index in [-0.39, 0.29) is 17.8 Å². The molecule has 172 valence electrons. The molecule has 7 nitrogen and oxygen atoms in total. The van der Waals surface area contributed by atoms with Crippen molar-refractivity contribution in [1.82, 2.24) is 14.9 Å². The SMILES string of the molecule is Cc1cc(N2CCCC2)ccc1CN1CCc2c(nc(N3CC(C)OC(C)C3)[nH]c2=O)C1. The number of H-pyrrole nitrogens is 1. The molecule has 4 heterocycles. The Hall–Kier alpha value is -2.38. The number of nitrogens with zero attached hydrogens (tertiary/aromatic N) is 4. The maximum atomic E-state index is 12.8. The van der Waals surface area contributed by atoms with Crippen molar-refractivity contribution in [2.75, 3.05) is 42.5 Å². The minimum Gasteiger partial charge on any atom is -0.372 e. The van der Waals surface area contributed by atoms with Gasteiger partial charge >= 0.3 is 0 Å². The third-order valence-electron chi connectivity index (χ3n) is 7.05. The van der Waals surface area contributed by atoms with Crippen LogP contribution in [-0.2, 0) is 24.2 Å². The number of anilines is 2. The predicted molar refractivity (Wildman–Crippen MR) is 128 cm³/mol. The van der Waals surface area contributed by atoms with E-state index in [1.807, 2.05) is 0 Å². The highest BCUT2D eigenvalue weighted by molar-refractivity contribution is 5.51. The molecule has 3 aliphatic rings. The van der Waals surface area contributed by atoms with Crippen LogP contribution in [0.3, 0.4) is 0 Å². The number of aromatic amines is 1. The monoisotopic (exact) mass is 437 g/mol. The van der Waals surface area contributed by atoms with Crippen molar-refractivity contribution in [2.45, 2.75) is 65.3 Å². The van der Waals surface area contributed by atoms with Gasteiger partial charge in [-0.15, -0.1) is 0 Å². The van der Waals surface area contributed by atoms with Gasteiger partial charge in [0.25, 0.3) is 5.56 Å². The summed E-state index contributed by atoms with van der Waals surface area (Å²) in [5.41, 5.74) is 5.84. The van der Waals surface area contributed by atoms with E-state index in [4.69, 9.17) is 9.72 Å². The minimum absolute atomic E-state index is 0.0163. The first-order chi connectivity index (χ1) is 15.5. The van der Waals surface area contributed by atoms with Gasteiger partial charge in [0.2, 0.25) is 5.95 Å². The lowest BCUT2D eigenvalue weighted by Gasteiger charge is -2.36. The lowest BCUT2D eigenvalue weighted by molar-refractivity contribution is -0.00576. The van der Waals surface area contributed by atoms with Crippen molar-refractivity contribution in [3.8, 4) is 0 Å². The summed E-state index contributed by atoms with van der Waals surface area (Å²) in [5.74, 6) is 0.684. The second-order valence-electron chi connectivity index (χ2n) is 9.74. The molecule has 32 heavy (non-hydrogen) atoms. The Morgan fingerprint density at radius 2 is 1.84 bits per heavy atom. The first-order valence-electron chi connectivity index (χ1n) is 12.1. The molecule has 5 rings (SSSR count). The second kappa shape index (κ2) is 8.87. The van der Waals surface area contributed by atoms with Crippen molar-refractivity contribution in [1.29, 1.82) is 0 Å². The summed E-state index contributed by atoms with van der Waals surface area (Å²) in [6.45, 7) is 12.7. The Morgan fingerprint density at radius 1 is 1.09 bits per heavy atom. The highest BCUT2D eigenvalue weighted by Crippen LogP contribution is 2.25. The molecule has 1 aromatic heterocycles. The fourth-order valence-corrected chi connectivity index (χ4v) is 5.39. The lowest BCUT2D eigenvalue weighted by atomic mass is 10.0. The van der Waals surface area contributed by atoms with E-state index in [9.17, 15) is 4.79 Å². The van der Waals surface area contributed by atoms with Gasteiger partial charge in [-0.05, 0) is 63.3 Å². The average molecular weight is 438 g/mol. The molecule has 2 atom stereocenters. The van der Waals surface area contributed by atoms with Gasteiger partial charge in [0.1, 0.15) is 0 Å². The number of hydrogen-bond donors (Lipinski definition) is 1. The summed E-state index contributed by atoms with van der Waals surface area (Å²) in [6.07, 6.45) is 3.60. The Kier molecular flexibility index (Phi) is 5.95. The summed E-state index contributed by atoms with van der Waals surface area (Å²) in [4.78, 5) is 27.8. The average Bonchev–Trinajstić information content (AvgIpc) is 3.29. The Morgan fingerprint density at radius 3 is 2.56 bits per heavy atom. The topological polar surface area (TPSA) is 64.7 Å². The van der Waals surface area contributed by atoms with Gasteiger partial charge in [0, 0.05) is 57.1 Å². The number of nitrogens with one attached hydrogen (secondary N) is 1. The Bertz CT molecular complexity index is 1020. The number of fused-ring (bicyclic) bond motifs is 1. The lowest BCUT2D eigenvalue weighted by Crippen LogP contribution is -2.47. The van der Waals surface area contributed by atoms with Gasteiger partial charge in [-0.1, -0.05) is 6.07 Å². The number of morpholine rings is 1. The van der Waals surface area contributed by atoms with Crippen LogP contribution in [0.25, 0.3) is 0 Å². The van der Waals surface area contributed by atoms with Crippen molar-refractivity contribution < 1.29 is 4.74 Å². The normalized spacial score (nSPS) is 24.1. The van der Waals surface area contributed by atoms with Gasteiger partial charge in [0.05, 0.1) is 17.9 Å². The van der Waals surface area contributed by atoms with Crippen LogP contribution in [0.5, 0.6) is 0 Å². The smallest absolute Gasteiger partial charge is 0.255 e. The summed E-state index contributed by atoms with van der Waals surface area (Å²) in [5, 5.41) is 0. The van der Waals surface area contributed by atoms with Crippen molar-refractivity contribution in [3.05, 3.63) is 50.9 Å². The minimum atomic E-state index is 0.0163. The molecular weight excluding hydrogens is 402 g/mol. The summed E-state index contributed by atoms with van der Waals surface area (Å²) in [6, 6.07) is 6.89. The summed E-state index contributed by atoms with van der Waals surface area (Å²) >= 11 is 0. The molecule has 0 bridgehead atoms. The number of benzene rings is 1. The number of aromatic nitrogens is 2. The van der Waals surface area contributed by atoms with Crippen LogP contribution in [0, 0.1) is 6.92 Å². The molecule has 2 saturated heterocycles. The predicted octanol–water partition coefficient (Wildman–Crippen LogP) is 2.85. The van der Waals surface area contributed by atoms with Crippen molar-refractivity contribution >= 4 is 11.6 Å². The summed E-state index contributed by atoms with van der Waals surface area (Å²) < 4.78 is 5.84. The Labute approximate surface area is 190 Å². The number of rotatable bonds is 4. The molecule has 0 amide bonds. The quantitative estimate of drug-likeness (QED) is 0.794. The number of hydrogen-bond acceptors (Lipinski definition) is 6. The third kappa shape index (κ3) is 4.41.